The van der Waals surface area contributed by atoms with E-state index in [1.54, 1.807) is 6.92 Å². The van der Waals surface area contributed by atoms with Gasteiger partial charge in [-0.15, -0.1) is 0 Å². The molecule has 3 nitrogen and oxygen atoms in total. The monoisotopic (exact) mass is 376 g/mol. The van der Waals surface area contributed by atoms with Crippen LogP contribution in [0.3, 0.4) is 0 Å². The van der Waals surface area contributed by atoms with E-state index in [4.69, 9.17) is 0 Å². The number of carbonyl (C=O) groups is 1. The Bertz CT molecular complexity index is 735. The lowest BCUT2D eigenvalue weighted by Crippen LogP contribution is -2.46. The number of amides is 1. The molecule has 0 aliphatic carbocycles. The van der Waals surface area contributed by atoms with Crippen LogP contribution < -0.4 is 5.32 Å². The Hall–Kier alpha value is -2.13. The first-order valence-corrected chi connectivity index (χ1v) is 10.7. The molecule has 3 heteroatoms. The van der Waals surface area contributed by atoms with E-state index in [-0.39, 0.29) is 11.3 Å². The average molecular weight is 377 g/mol. The quantitative estimate of drug-likeness (QED) is 0.812. The van der Waals surface area contributed by atoms with Crippen LogP contribution in [-0.2, 0) is 10.2 Å². The molecule has 2 aliphatic heterocycles. The molecule has 0 saturated carbocycles. The van der Waals surface area contributed by atoms with Gasteiger partial charge in [0.2, 0.25) is 5.91 Å². The van der Waals surface area contributed by atoms with E-state index in [0.29, 0.717) is 12.5 Å². The molecule has 2 aliphatic rings. The fraction of sp³-hybridized carbons (Fsp3) is 0.480. The molecule has 28 heavy (non-hydrogen) atoms. The first-order chi connectivity index (χ1) is 13.6. The average Bonchev–Trinajstić information content (AvgIpc) is 2.93. The number of rotatable bonds is 6. The summed E-state index contributed by atoms with van der Waals surface area (Å²) >= 11 is 0. The van der Waals surface area contributed by atoms with Crippen molar-refractivity contribution < 1.29 is 4.79 Å². The molecule has 0 spiro atoms. The predicted molar refractivity (Wildman–Crippen MR) is 114 cm³/mol. The topological polar surface area (TPSA) is 32.3 Å². The molecule has 148 valence electrons. The second-order valence-electron chi connectivity index (χ2n) is 8.82. The van der Waals surface area contributed by atoms with Crippen LogP contribution in [0.4, 0.5) is 0 Å². The van der Waals surface area contributed by atoms with Gasteiger partial charge in [0.05, 0.1) is 0 Å². The van der Waals surface area contributed by atoms with Gasteiger partial charge >= 0.3 is 0 Å². The number of nitrogens with zero attached hydrogens (tertiary/aromatic N) is 1. The van der Waals surface area contributed by atoms with Crippen molar-refractivity contribution in [2.75, 3.05) is 13.6 Å². The van der Waals surface area contributed by atoms with Crippen LogP contribution in [0.1, 0.15) is 50.2 Å². The lowest BCUT2D eigenvalue weighted by Gasteiger charge is -2.43. The summed E-state index contributed by atoms with van der Waals surface area (Å²) in [6, 6.07) is 23.0. The van der Waals surface area contributed by atoms with Gasteiger partial charge in [-0.3, -0.25) is 4.79 Å². The Morgan fingerprint density at radius 2 is 1.46 bits per heavy atom. The third-order valence-electron chi connectivity index (χ3n) is 7.12. The zero-order chi connectivity index (χ0) is 19.6. The van der Waals surface area contributed by atoms with Crippen molar-refractivity contribution in [1.29, 1.82) is 0 Å². The summed E-state index contributed by atoms with van der Waals surface area (Å²) in [5.74, 6) is 0.725. The molecule has 2 heterocycles. The van der Waals surface area contributed by atoms with Crippen LogP contribution in [0.2, 0.25) is 0 Å². The lowest BCUT2D eigenvalue weighted by molar-refractivity contribution is -0.119. The second kappa shape index (κ2) is 8.08. The normalized spacial score (nSPS) is 24.9. The van der Waals surface area contributed by atoms with E-state index in [1.165, 1.54) is 36.8 Å². The summed E-state index contributed by atoms with van der Waals surface area (Å²) in [6.45, 7) is 2.27. The zero-order valence-electron chi connectivity index (χ0n) is 17.1. The smallest absolute Gasteiger partial charge is 0.216 e. The summed E-state index contributed by atoms with van der Waals surface area (Å²) in [7, 11) is 2.30. The minimum Gasteiger partial charge on any atom is -0.355 e. The van der Waals surface area contributed by atoms with E-state index < -0.39 is 0 Å². The van der Waals surface area contributed by atoms with Crippen molar-refractivity contribution in [2.24, 2.45) is 5.92 Å². The van der Waals surface area contributed by atoms with Crippen molar-refractivity contribution in [1.82, 2.24) is 10.2 Å². The minimum absolute atomic E-state index is 0.0414. The number of carbonyl (C=O) groups excluding carboxylic acids is 1. The molecular weight excluding hydrogens is 344 g/mol. The summed E-state index contributed by atoms with van der Waals surface area (Å²) < 4.78 is 0. The van der Waals surface area contributed by atoms with Gasteiger partial charge in [-0.25, -0.2) is 0 Å². The molecule has 0 unspecified atom stereocenters. The van der Waals surface area contributed by atoms with E-state index in [0.717, 1.165) is 18.5 Å². The van der Waals surface area contributed by atoms with Gasteiger partial charge in [-0.05, 0) is 56.2 Å². The largest absolute Gasteiger partial charge is 0.355 e. The van der Waals surface area contributed by atoms with Crippen LogP contribution in [0.5, 0.6) is 0 Å². The van der Waals surface area contributed by atoms with Crippen LogP contribution in [0.15, 0.2) is 60.7 Å². The first-order valence-electron chi connectivity index (χ1n) is 10.7. The molecule has 2 aromatic carbocycles. The van der Waals surface area contributed by atoms with Gasteiger partial charge in [-0.2, -0.15) is 0 Å². The van der Waals surface area contributed by atoms with Crippen molar-refractivity contribution in [3.8, 4) is 0 Å². The van der Waals surface area contributed by atoms with E-state index in [2.05, 4.69) is 77.9 Å². The third kappa shape index (κ3) is 3.73. The maximum Gasteiger partial charge on any atom is 0.216 e. The third-order valence-corrected chi connectivity index (χ3v) is 7.12. The summed E-state index contributed by atoms with van der Waals surface area (Å²) in [5, 5.41) is 3.17. The fourth-order valence-electron chi connectivity index (χ4n) is 5.65. The molecular formula is C25H32N2O. The zero-order valence-corrected chi connectivity index (χ0v) is 17.1. The molecule has 2 fully saturated rings. The molecule has 4 rings (SSSR count). The maximum atomic E-state index is 11.9. The van der Waals surface area contributed by atoms with Crippen molar-refractivity contribution in [3.63, 3.8) is 0 Å². The fourth-order valence-corrected chi connectivity index (χ4v) is 5.65. The van der Waals surface area contributed by atoms with E-state index in [1.807, 2.05) is 0 Å². The van der Waals surface area contributed by atoms with Gasteiger partial charge < -0.3 is 10.2 Å². The number of nitrogens with one attached hydrogen (secondary N) is 1. The summed E-state index contributed by atoms with van der Waals surface area (Å²) in [4.78, 5) is 14.5. The van der Waals surface area contributed by atoms with Crippen molar-refractivity contribution >= 4 is 5.91 Å². The number of piperidine rings is 1. The maximum absolute atomic E-state index is 11.9. The van der Waals surface area contributed by atoms with Crippen molar-refractivity contribution in [2.45, 2.75) is 56.5 Å². The van der Waals surface area contributed by atoms with Gasteiger partial charge in [0, 0.05) is 31.0 Å². The number of benzene rings is 2. The minimum atomic E-state index is -0.186. The number of hydrogen-bond donors (Lipinski definition) is 1. The SMILES string of the molecule is CC(=O)NCC(CC1C[C@H]2CC[C@H](C1)N2C)(c1ccccc1)c1ccccc1. The number of fused-ring (bicyclic) bond motifs is 2. The molecule has 0 aromatic heterocycles. The molecule has 2 bridgehead atoms. The standard InChI is InChI=1S/C25H32N2O/c1-19(28)26-18-25(21-9-5-3-6-10-21,22-11-7-4-8-12-22)17-20-15-23-13-14-24(16-20)27(23)2/h3-12,20,23-24H,13-18H2,1-2H3,(H,26,28)/t23-,24-/m1/s1. The van der Waals surface area contributed by atoms with E-state index in [9.17, 15) is 4.79 Å². The molecule has 2 aromatic rings. The summed E-state index contributed by atoms with van der Waals surface area (Å²) in [6.07, 6.45) is 6.31. The highest BCUT2D eigenvalue weighted by Gasteiger charge is 2.43. The van der Waals surface area contributed by atoms with Crippen LogP contribution in [0.25, 0.3) is 0 Å². The Labute approximate surface area is 169 Å². The Kier molecular flexibility index (Phi) is 5.54. The van der Waals surface area contributed by atoms with Gasteiger partial charge in [-0.1, -0.05) is 60.7 Å². The Morgan fingerprint density at radius 3 is 1.93 bits per heavy atom. The van der Waals surface area contributed by atoms with Crippen LogP contribution >= 0.6 is 0 Å². The highest BCUT2D eigenvalue weighted by Crippen LogP contribution is 2.45. The first kappa shape index (κ1) is 19.2. The second-order valence-corrected chi connectivity index (χ2v) is 8.82. The Balaban J connectivity index is 1.72. The lowest BCUT2D eigenvalue weighted by atomic mass is 9.67. The van der Waals surface area contributed by atoms with E-state index >= 15 is 0 Å². The van der Waals surface area contributed by atoms with Crippen molar-refractivity contribution in [3.05, 3.63) is 71.8 Å². The summed E-state index contributed by atoms with van der Waals surface area (Å²) in [5.41, 5.74) is 2.43. The molecule has 1 N–H and O–H groups in total. The molecule has 2 atom stereocenters. The highest BCUT2D eigenvalue weighted by atomic mass is 16.1. The molecule has 2 saturated heterocycles. The van der Waals surface area contributed by atoms with Crippen LogP contribution in [0, 0.1) is 5.92 Å². The Morgan fingerprint density at radius 1 is 0.964 bits per heavy atom. The van der Waals surface area contributed by atoms with Gasteiger partial charge in [0.1, 0.15) is 0 Å². The predicted octanol–water partition coefficient (Wildman–Crippen LogP) is 4.37. The van der Waals surface area contributed by atoms with Crippen LogP contribution in [-0.4, -0.2) is 36.5 Å². The van der Waals surface area contributed by atoms with Gasteiger partial charge in [0.15, 0.2) is 0 Å². The number of hydrogen-bond acceptors (Lipinski definition) is 2. The molecule has 0 radical (unpaired) electrons. The highest BCUT2D eigenvalue weighted by molar-refractivity contribution is 5.73. The van der Waals surface area contributed by atoms with Gasteiger partial charge in [0.25, 0.3) is 0 Å². The molecule has 1 amide bonds.